The van der Waals surface area contributed by atoms with E-state index in [4.69, 9.17) is 19.5 Å². The number of amides is 2. The van der Waals surface area contributed by atoms with Crippen LogP contribution in [-0.2, 0) is 50.7 Å². The van der Waals surface area contributed by atoms with E-state index in [-0.39, 0.29) is 41.6 Å². The fraction of sp³-hybridized carbons (Fsp3) is 0.750. The molecule has 61 heavy (non-hydrogen) atoms. The van der Waals surface area contributed by atoms with Crippen LogP contribution in [0.1, 0.15) is 84.8 Å². The van der Waals surface area contributed by atoms with Gasteiger partial charge in [0, 0.05) is 37.1 Å². The number of nitrogens with one attached hydrogen (secondary N) is 2. The van der Waals surface area contributed by atoms with Crippen molar-refractivity contribution in [3.05, 3.63) is 12.7 Å². The maximum atomic E-state index is 12.7. The lowest BCUT2D eigenvalue weighted by atomic mass is 9.87. The molecule has 0 saturated carbocycles. The predicted molar refractivity (Wildman–Crippen MR) is 216 cm³/mol. The summed E-state index contributed by atoms with van der Waals surface area (Å²) in [5.41, 5.74) is 4.25. The molecule has 2 aromatic rings. The number of thioether (sulfide) groups is 1. The third kappa shape index (κ3) is 17.9. The standard InChI is InChI=1S/C32H56N7O18P3S/c1-4-5-6-7-9-20(40)10-8-11-23(42)61-15-14-34-22(41)12-13-35-30(45)27(44)32(2,3)17-54-60(51,52)57-59(49,50)53-16-21-26(56-58(46,47)48)25(43)31(55-21)39-19-38-24-28(33)36-18-37-29(24)39/h18-21,25-27,31,40,43-44H,4-17H2,1-3H3,(H,34,41)(H,35,45)(H,49,50)(H,51,52)(H2,33,36,37)(H2,46,47,48). The average Bonchev–Trinajstić information content (AvgIpc) is 3.73. The molecule has 0 spiro atoms. The van der Waals surface area contributed by atoms with E-state index in [1.807, 2.05) is 0 Å². The van der Waals surface area contributed by atoms with Crippen molar-refractivity contribution in [1.82, 2.24) is 30.2 Å². The molecule has 0 aliphatic carbocycles. The van der Waals surface area contributed by atoms with Gasteiger partial charge in [-0.1, -0.05) is 58.2 Å². The van der Waals surface area contributed by atoms with Crippen molar-refractivity contribution in [2.75, 3.05) is 37.8 Å². The molecule has 8 atom stereocenters. The number of imidazole rings is 1. The predicted octanol–water partition coefficient (Wildman–Crippen LogP) is 1.17. The number of aliphatic hydroxyl groups is 3. The normalized spacial score (nSPS) is 21.4. The van der Waals surface area contributed by atoms with E-state index in [0.717, 1.165) is 61.1 Å². The van der Waals surface area contributed by atoms with Crippen LogP contribution < -0.4 is 16.4 Å². The SMILES string of the molecule is CCCCCCC(O)CCCC(=O)SCCNC(=O)CCNC(=O)C(O)C(C)(C)COP(=O)(O)OP(=O)(O)OCC1OC(n2cnc3c(N)ncnc32)C(O)C1OP(=O)(O)O. The van der Waals surface area contributed by atoms with Crippen molar-refractivity contribution in [1.29, 1.82) is 0 Å². The Hall–Kier alpha value is -2.48. The number of aliphatic hydroxyl groups excluding tert-OH is 3. The quantitative estimate of drug-likeness (QED) is 0.0422. The van der Waals surface area contributed by atoms with E-state index in [1.54, 1.807) is 0 Å². The number of aromatic nitrogens is 4. The molecule has 11 N–H and O–H groups in total. The molecule has 1 fully saturated rings. The van der Waals surface area contributed by atoms with Gasteiger partial charge in [0.15, 0.2) is 22.8 Å². The molecule has 25 nitrogen and oxygen atoms in total. The summed E-state index contributed by atoms with van der Waals surface area (Å²) in [5, 5.41) is 36.4. The van der Waals surface area contributed by atoms with Crippen molar-refractivity contribution in [2.24, 2.45) is 5.41 Å². The van der Waals surface area contributed by atoms with Gasteiger partial charge in [0.05, 0.1) is 25.6 Å². The lowest BCUT2D eigenvalue weighted by Crippen LogP contribution is -2.46. The van der Waals surface area contributed by atoms with Crippen LogP contribution in [-0.4, -0.2) is 134 Å². The van der Waals surface area contributed by atoms with Gasteiger partial charge in [-0.3, -0.25) is 32.5 Å². The number of nitrogens with zero attached hydrogens (tertiary/aromatic N) is 4. The van der Waals surface area contributed by atoms with Gasteiger partial charge in [-0.15, -0.1) is 0 Å². The Morgan fingerprint density at radius 3 is 2.34 bits per heavy atom. The second kappa shape index (κ2) is 24.0. The second-order valence-electron chi connectivity index (χ2n) is 14.7. The van der Waals surface area contributed by atoms with Gasteiger partial charge in [-0.2, -0.15) is 4.31 Å². The van der Waals surface area contributed by atoms with Crippen molar-refractivity contribution >= 4 is 69.1 Å². The number of nitrogen functional groups attached to an aromatic ring is 1. The summed E-state index contributed by atoms with van der Waals surface area (Å²) in [7, 11) is -16.4. The largest absolute Gasteiger partial charge is 0.481 e. The molecule has 3 rings (SSSR count). The highest BCUT2D eigenvalue weighted by Crippen LogP contribution is 2.61. The van der Waals surface area contributed by atoms with Crippen LogP contribution in [0.3, 0.4) is 0 Å². The fourth-order valence-electron chi connectivity index (χ4n) is 5.80. The van der Waals surface area contributed by atoms with Gasteiger partial charge in [0.2, 0.25) is 11.8 Å². The molecule has 3 heterocycles. The van der Waals surface area contributed by atoms with Crippen LogP contribution in [0.5, 0.6) is 0 Å². The van der Waals surface area contributed by atoms with Gasteiger partial charge >= 0.3 is 23.5 Å². The first-order valence-corrected chi connectivity index (χ1v) is 24.7. The molecule has 1 aliphatic rings. The lowest BCUT2D eigenvalue weighted by molar-refractivity contribution is -0.137. The topological polar surface area (TPSA) is 384 Å². The zero-order chi connectivity index (χ0) is 45.6. The lowest BCUT2D eigenvalue weighted by Gasteiger charge is -2.30. The highest BCUT2D eigenvalue weighted by molar-refractivity contribution is 8.13. The molecule has 348 valence electrons. The minimum absolute atomic E-state index is 0.0281. The first kappa shape index (κ1) is 52.9. The van der Waals surface area contributed by atoms with Crippen LogP contribution in [0.25, 0.3) is 11.2 Å². The number of carbonyl (C=O) groups is 3. The zero-order valence-electron chi connectivity index (χ0n) is 33.8. The number of carbonyl (C=O) groups excluding carboxylic acids is 3. The van der Waals surface area contributed by atoms with Crippen molar-refractivity contribution in [2.45, 2.75) is 115 Å². The van der Waals surface area contributed by atoms with Gasteiger partial charge in [0.1, 0.15) is 36.3 Å². The summed E-state index contributed by atoms with van der Waals surface area (Å²) in [6, 6.07) is 0. The van der Waals surface area contributed by atoms with Gasteiger partial charge < -0.3 is 56.0 Å². The van der Waals surface area contributed by atoms with Crippen LogP contribution >= 0.6 is 35.2 Å². The zero-order valence-corrected chi connectivity index (χ0v) is 37.3. The van der Waals surface area contributed by atoms with Gasteiger partial charge in [-0.05, 0) is 19.3 Å². The number of hydrogen-bond acceptors (Lipinski definition) is 19. The second-order valence-corrected chi connectivity index (χ2v) is 20.1. The Morgan fingerprint density at radius 1 is 0.967 bits per heavy atom. The molecule has 29 heteroatoms. The molecule has 1 saturated heterocycles. The summed E-state index contributed by atoms with van der Waals surface area (Å²) in [4.78, 5) is 88.0. The fourth-order valence-corrected chi connectivity index (χ4v) is 9.35. The maximum Gasteiger partial charge on any atom is 0.481 e. The van der Waals surface area contributed by atoms with Gasteiger partial charge in [-0.25, -0.2) is 28.6 Å². The Balaban J connectivity index is 1.40. The average molecular weight is 952 g/mol. The molecule has 2 amide bonds. The van der Waals surface area contributed by atoms with Crippen LogP contribution in [0.4, 0.5) is 5.82 Å². The minimum Gasteiger partial charge on any atom is -0.393 e. The number of hydrogen-bond donors (Lipinski definition) is 10. The Bertz CT molecular complexity index is 1910. The third-order valence-electron chi connectivity index (χ3n) is 9.07. The molecule has 8 unspecified atom stereocenters. The number of phosphoric ester groups is 3. The van der Waals surface area contributed by atoms with E-state index in [9.17, 15) is 63.0 Å². The number of anilines is 1. The first-order chi connectivity index (χ1) is 28.4. The number of unbranched alkanes of at least 4 members (excludes halogenated alkanes) is 3. The first-order valence-electron chi connectivity index (χ1n) is 19.2. The van der Waals surface area contributed by atoms with Crippen LogP contribution in [0, 0.1) is 5.41 Å². The third-order valence-corrected chi connectivity index (χ3v) is 13.1. The van der Waals surface area contributed by atoms with E-state index in [0.29, 0.717) is 25.0 Å². The van der Waals surface area contributed by atoms with Crippen molar-refractivity contribution in [3.8, 4) is 0 Å². The summed E-state index contributed by atoms with van der Waals surface area (Å²) in [5.74, 6) is -1.15. The van der Waals surface area contributed by atoms with E-state index < -0.39 is 90.7 Å². The summed E-state index contributed by atoms with van der Waals surface area (Å²) >= 11 is 1.06. The molecule has 1 aliphatic heterocycles. The van der Waals surface area contributed by atoms with Gasteiger partial charge in [0.25, 0.3) is 0 Å². The minimum atomic E-state index is -5.58. The number of rotatable bonds is 28. The molecule has 0 radical (unpaired) electrons. The van der Waals surface area contributed by atoms with E-state index in [2.05, 4.69) is 41.3 Å². The van der Waals surface area contributed by atoms with E-state index in [1.165, 1.54) is 13.8 Å². The summed E-state index contributed by atoms with van der Waals surface area (Å²) in [6.07, 6.45) is -0.927. The Kier molecular flexibility index (Phi) is 20.8. The molecule has 0 aromatic carbocycles. The van der Waals surface area contributed by atoms with Crippen LogP contribution in [0.2, 0.25) is 0 Å². The van der Waals surface area contributed by atoms with E-state index >= 15 is 0 Å². The Morgan fingerprint density at radius 2 is 1.66 bits per heavy atom. The monoisotopic (exact) mass is 951 g/mol. The van der Waals surface area contributed by atoms with Crippen LogP contribution in [0.15, 0.2) is 12.7 Å². The number of fused-ring (bicyclic) bond motifs is 1. The van der Waals surface area contributed by atoms with Crippen molar-refractivity contribution in [3.63, 3.8) is 0 Å². The number of nitrogens with two attached hydrogens (primary N) is 1. The molecular weight excluding hydrogens is 895 g/mol. The highest BCUT2D eigenvalue weighted by Gasteiger charge is 2.50. The smallest absolute Gasteiger partial charge is 0.393 e. The summed E-state index contributed by atoms with van der Waals surface area (Å²) < 4.78 is 62.2. The summed E-state index contributed by atoms with van der Waals surface area (Å²) in [6.45, 7) is 2.56. The molecule has 2 aromatic heterocycles. The Labute approximate surface area is 355 Å². The molecule has 0 bridgehead atoms. The number of ether oxygens (including phenoxy) is 1. The number of phosphoric acid groups is 3. The van der Waals surface area contributed by atoms with Crippen molar-refractivity contribution < 1.29 is 85.6 Å². The molecular formula is C32H56N7O18P3S. The maximum absolute atomic E-state index is 12.7. The highest BCUT2D eigenvalue weighted by atomic mass is 32.2.